The molecule has 0 atom stereocenters. The number of hydrogen-bond donors (Lipinski definition) is 1. The van der Waals surface area contributed by atoms with Crippen molar-refractivity contribution in [3.05, 3.63) is 83.1 Å². The zero-order valence-electron chi connectivity index (χ0n) is 13.9. The molecule has 0 spiro atoms. The summed E-state index contributed by atoms with van der Waals surface area (Å²) in [4.78, 5) is 10.7. The lowest BCUT2D eigenvalue weighted by Crippen LogP contribution is -1.75. The van der Waals surface area contributed by atoms with Gasteiger partial charge in [0.2, 0.25) is 0 Å². The fraction of sp³-hybridized carbons (Fsp3) is 0.100. The average Bonchev–Trinajstić information content (AvgIpc) is 3.39. The SMILES string of the molecule is BrCc1ncc(-c2ccccc2)s1.OCc1ncc(-c2ccccc2)s1. The molecule has 0 bridgehead atoms. The molecule has 4 rings (SSSR count). The number of alkyl halides is 1. The van der Waals surface area contributed by atoms with Crippen LogP contribution in [0.4, 0.5) is 0 Å². The molecule has 0 aliphatic carbocycles. The van der Waals surface area contributed by atoms with E-state index >= 15 is 0 Å². The van der Waals surface area contributed by atoms with Gasteiger partial charge in [-0.2, -0.15) is 0 Å². The van der Waals surface area contributed by atoms with Gasteiger partial charge < -0.3 is 5.11 Å². The van der Waals surface area contributed by atoms with Crippen molar-refractivity contribution in [2.75, 3.05) is 0 Å². The minimum atomic E-state index is 0.0253. The van der Waals surface area contributed by atoms with E-state index in [1.165, 1.54) is 21.8 Å². The quantitative estimate of drug-likeness (QED) is 0.392. The summed E-state index contributed by atoms with van der Waals surface area (Å²) in [5.74, 6) is 0. The van der Waals surface area contributed by atoms with Crippen molar-refractivity contribution in [2.24, 2.45) is 0 Å². The molecule has 6 heteroatoms. The smallest absolute Gasteiger partial charge is 0.119 e. The third kappa shape index (κ3) is 5.08. The maximum absolute atomic E-state index is 8.85. The summed E-state index contributed by atoms with van der Waals surface area (Å²) in [6.07, 6.45) is 3.72. The van der Waals surface area contributed by atoms with E-state index in [1.54, 1.807) is 17.5 Å². The number of rotatable bonds is 4. The van der Waals surface area contributed by atoms with Gasteiger partial charge in [0.1, 0.15) is 10.0 Å². The van der Waals surface area contributed by atoms with E-state index < -0.39 is 0 Å². The highest BCUT2D eigenvalue weighted by Crippen LogP contribution is 2.27. The number of hydrogen-bond acceptors (Lipinski definition) is 5. The Hall–Kier alpha value is -1.86. The summed E-state index contributed by atoms with van der Waals surface area (Å²) in [5.41, 5.74) is 2.40. The Kier molecular flexibility index (Phi) is 7.08. The van der Waals surface area contributed by atoms with Crippen molar-refractivity contribution in [1.29, 1.82) is 0 Å². The van der Waals surface area contributed by atoms with Crippen molar-refractivity contribution < 1.29 is 5.11 Å². The molecule has 0 amide bonds. The molecule has 0 unspecified atom stereocenters. The maximum atomic E-state index is 8.85. The lowest BCUT2D eigenvalue weighted by Gasteiger charge is -1.92. The number of aliphatic hydroxyl groups is 1. The molecule has 1 N–H and O–H groups in total. The van der Waals surface area contributed by atoms with Crippen molar-refractivity contribution in [1.82, 2.24) is 9.97 Å². The predicted octanol–water partition coefficient (Wildman–Crippen LogP) is 6.01. The monoisotopic (exact) mass is 444 g/mol. The van der Waals surface area contributed by atoms with Gasteiger partial charge in [-0.05, 0) is 11.1 Å². The standard InChI is InChI=1S/C10H8BrNS.C10H9NOS/c11-6-10-12-7-9(13-10)8-4-2-1-3-5-8;12-7-10-11-6-9(13-10)8-4-2-1-3-5-8/h1-5,7H,6H2;1-6,12H,7H2. The largest absolute Gasteiger partial charge is 0.389 e. The molecule has 26 heavy (non-hydrogen) atoms. The van der Waals surface area contributed by atoms with E-state index in [-0.39, 0.29) is 6.61 Å². The van der Waals surface area contributed by atoms with Crippen molar-refractivity contribution in [3.63, 3.8) is 0 Å². The van der Waals surface area contributed by atoms with Crippen molar-refractivity contribution >= 4 is 38.6 Å². The van der Waals surface area contributed by atoms with Crippen molar-refractivity contribution in [3.8, 4) is 20.9 Å². The lowest BCUT2D eigenvalue weighted by molar-refractivity contribution is 0.281. The van der Waals surface area contributed by atoms with Gasteiger partial charge in [-0.3, -0.25) is 0 Å². The van der Waals surface area contributed by atoms with Gasteiger partial charge >= 0.3 is 0 Å². The maximum Gasteiger partial charge on any atom is 0.119 e. The predicted molar refractivity (Wildman–Crippen MR) is 114 cm³/mol. The molecule has 0 saturated carbocycles. The van der Waals surface area contributed by atoms with Gasteiger partial charge in [0.25, 0.3) is 0 Å². The summed E-state index contributed by atoms with van der Waals surface area (Å²) in [7, 11) is 0. The number of benzene rings is 2. The highest BCUT2D eigenvalue weighted by atomic mass is 79.9. The number of thiazole rings is 2. The first kappa shape index (κ1) is 18.9. The van der Waals surface area contributed by atoms with Crippen LogP contribution < -0.4 is 0 Å². The summed E-state index contributed by atoms with van der Waals surface area (Å²) < 4.78 is 0. The molecular formula is C20H17BrN2OS2. The fourth-order valence-corrected chi connectivity index (χ4v) is 4.27. The molecule has 2 aromatic heterocycles. The summed E-state index contributed by atoms with van der Waals surface area (Å²) in [6, 6.07) is 20.4. The van der Waals surface area contributed by atoms with Crippen LogP contribution in [-0.2, 0) is 11.9 Å². The van der Waals surface area contributed by atoms with Gasteiger partial charge in [-0.15, -0.1) is 22.7 Å². The van der Waals surface area contributed by atoms with Gasteiger partial charge in [0.15, 0.2) is 0 Å². The van der Waals surface area contributed by atoms with E-state index in [0.717, 1.165) is 25.8 Å². The second-order valence-electron chi connectivity index (χ2n) is 5.26. The molecule has 0 saturated heterocycles. The molecule has 2 heterocycles. The molecule has 4 aromatic rings. The first-order chi connectivity index (χ1) is 12.8. The second-order valence-corrected chi connectivity index (χ2v) is 8.05. The Morgan fingerprint density at radius 2 is 1.19 bits per heavy atom. The molecule has 0 aliphatic heterocycles. The lowest BCUT2D eigenvalue weighted by atomic mass is 10.2. The topological polar surface area (TPSA) is 46.0 Å². The summed E-state index contributed by atoms with van der Waals surface area (Å²) in [5, 5.41) is 11.6. The first-order valence-electron chi connectivity index (χ1n) is 7.97. The van der Waals surface area contributed by atoms with Crippen LogP contribution in [0.15, 0.2) is 73.1 Å². The van der Waals surface area contributed by atoms with Crippen LogP contribution in [-0.4, -0.2) is 15.1 Å². The molecule has 3 nitrogen and oxygen atoms in total. The molecule has 0 fully saturated rings. The number of nitrogens with zero attached hydrogens (tertiary/aromatic N) is 2. The van der Waals surface area contributed by atoms with Crippen LogP contribution >= 0.6 is 38.6 Å². The van der Waals surface area contributed by atoms with E-state index in [0.29, 0.717) is 0 Å². The highest BCUT2D eigenvalue weighted by Gasteiger charge is 2.02. The second kappa shape index (κ2) is 9.73. The molecule has 2 aromatic carbocycles. The average molecular weight is 445 g/mol. The number of aromatic nitrogens is 2. The zero-order valence-corrected chi connectivity index (χ0v) is 17.1. The first-order valence-corrected chi connectivity index (χ1v) is 10.7. The van der Waals surface area contributed by atoms with Crippen LogP contribution in [0, 0.1) is 0 Å². The van der Waals surface area contributed by atoms with Crippen LogP contribution in [0.3, 0.4) is 0 Å². The highest BCUT2D eigenvalue weighted by molar-refractivity contribution is 9.08. The van der Waals surface area contributed by atoms with Gasteiger partial charge in [0, 0.05) is 12.4 Å². The van der Waals surface area contributed by atoms with E-state index in [4.69, 9.17) is 5.11 Å². The van der Waals surface area contributed by atoms with E-state index in [2.05, 4.69) is 38.0 Å². The van der Waals surface area contributed by atoms with Crippen LogP contribution in [0.5, 0.6) is 0 Å². The van der Waals surface area contributed by atoms with Gasteiger partial charge in [-0.1, -0.05) is 76.6 Å². The Balaban J connectivity index is 0.000000151. The van der Waals surface area contributed by atoms with Crippen molar-refractivity contribution in [2.45, 2.75) is 11.9 Å². The molecule has 132 valence electrons. The Labute approximate surface area is 169 Å². The van der Waals surface area contributed by atoms with E-state index in [1.807, 2.05) is 54.7 Å². The molecular weight excluding hydrogens is 428 g/mol. The number of aliphatic hydroxyl groups excluding tert-OH is 1. The minimum Gasteiger partial charge on any atom is -0.389 e. The Bertz CT molecular complexity index is 845. The van der Waals surface area contributed by atoms with Gasteiger partial charge in [0.05, 0.1) is 21.7 Å². The minimum absolute atomic E-state index is 0.0253. The van der Waals surface area contributed by atoms with Crippen LogP contribution in [0.2, 0.25) is 0 Å². The van der Waals surface area contributed by atoms with E-state index in [9.17, 15) is 0 Å². The normalized spacial score (nSPS) is 10.2. The van der Waals surface area contributed by atoms with Crippen LogP contribution in [0.1, 0.15) is 10.0 Å². The zero-order chi connectivity index (χ0) is 18.2. The third-order valence-corrected chi connectivity index (χ3v) is 6.45. The summed E-state index contributed by atoms with van der Waals surface area (Å²) >= 11 is 6.64. The molecule has 0 aliphatic rings. The molecule has 0 radical (unpaired) electrons. The summed E-state index contributed by atoms with van der Waals surface area (Å²) in [6.45, 7) is 0.0253. The Morgan fingerprint density at radius 1 is 0.731 bits per heavy atom. The van der Waals surface area contributed by atoms with Gasteiger partial charge in [-0.25, -0.2) is 9.97 Å². The third-order valence-electron chi connectivity index (χ3n) is 3.47. The number of halogens is 1. The van der Waals surface area contributed by atoms with Crippen LogP contribution in [0.25, 0.3) is 20.9 Å². The Morgan fingerprint density at radius 3 is 1.58 bits per heavy atom. The fourth-order valence-electron chi connectivity index (χ4n) is 2.23.